The number of imidazole rings is 1. The molecule has 0 saturated heterocycles. The van der Waals surface area contributed by atoms with Gasteiger partial charge in [0.2, 0.25) is 0 Å². The van der Waals surface area contributed by atoms with Gasteiger partial charge in [-0.1, -0.05) is 13.3 Å². The summed E-state index contributed by atoms with van der Waals surface area (Å²) in [5, 5.41) is 11.2. The molecule has 0 radical (unpaired) electrons. The largest absolute Gasteiger partial charge is 0.306 e. The predicted molar refractivity (Wildman–Crippen MR) is 69.0 cm³/mol. The van der Waals surface area contributed by atoms with Crippen LogP contribution in [0.3, 0.4) is 0 Å². The highest BCUT2D eigenvalue weighted by Crippen LogP contribution is 2.27. The number of rotatable bonds is 4. The van der Waals surface area contributed by atoms with E-state index in [9.17, 15) is 10.1 Å². The molecule has 0 unspecified atom stereocenters. The van der Waals surface area contributed by atoms with Crippen molar-refractivity contribution >= 4 is 5.69 Å². The Bertz CT molecular complexity index is 562. The van der Waals surface area contributed by atoms with E-state index in [2.05, 4.69) is 4.98 Å². The molecule has 2 rings (SSSR count). The lowest BCUT2D eigenvalue weighted by atomic mass is 10.0. The van der Waals surface area contributed by atoms with Gasteiger partial charge in [0.05, 0.1) is 16.9 Å². The standard InChI is InChI=1S/C13H15N3O2/c1-3-4-12-10(2)7-11(8-13(12)16(17)18)15-6-5-14-9-15/h5-9H,3-4H2,1-2H3. The fraction of sp³-hybridized carbons (Fsp3) is 0.308. The molecule has 0 aliphatic carbocycles. The summed E-state index contributed by atoms with van der Waals surface area (Å²) in [7, 11) is 0. The van der Waals surface area contributed by atoms with Gasteiger partial charge in [0.25, 0.3) is 5.69 Å². The molecule has 94 valence electrons. The molecule has 0 N–H and O–H groups in total. The number of hydrogen-bond donors (Lipinski definition) is 0. The fourth-order valence-electron chi connectivity index (χ4n) is 2.08. The van der Waals surface area contributed by atoms with E-state index in [4.69, 9.17) is 0 Å². The summed E-state index contributed by atoms with van der Waals surface area (Å²) in [5.41, 5.74) is 2.75. The molecule has 0 aliphatic rings. The maximum absolute atomic E-state index is 11.2. The third kappa shape index (κ3) is 2.25. The first kappa shape index (κ1) is 12.3. The summed E-state index contributed by atoms with van der Waals surface area (Å²) in [6.45, 7) is 3.94. The van der Waals surface area contributed by atoms with Crippen LogP contribution in [0.15, 0.2) is 30.9 Å². The second kappa shape index (κ2) is 5.00. The summed E-state index contributed by atoms with van der Waals surface area (Å²) in [4.78, 5) is 14.8. The molecule has 1 aromatic heterocycles. The van der Waals surface area contributed by atoms with Gasteiger partial charge in [0.1, 0.15) is 0 Å². The van der Waals surface area contributed by atoms with Crippen LogP contribution < -0.4 is 0 Å². The van der Waals surface area contributed by atoms with Crippen LogP contribution in [-0.2, 0) is 6.42 Å². The fourth-order valence-corrected chi connectivity index (χ4v) is 2.08. The van der Waals surface area contributed by atoms with E-state index < -0.39 is 0 Å². The van der Waals surface area contributed by atoms with E-state index in [0.717, 1.165) is 29.7 Å². The van der Waals surface area contributed by atoms with Gasteiger partial charge < -0.3 is 4.57 Å². The normalized spacial score (nSPS) is 10.6. The van der Waals surface area contributed by atoms with Crippen LogP contribution >= 0.6 is 0 Å². The summed E-state index contributed by atoms with van der Waals surface area (Å²) in [6.07, 6.45) is 6.69. The molecule has 0 bridgehead atoms. The van der Waals surface area contributed by atoms with E-state index in [1.165, 1.54) is 0 Å². The highest BCUT2D eigenvalue weighted by atomic mass is 16.6. The highest BCUT2D eigenvalue weighted by Gasteiger charge is 2.17. The van der Waals surface area contributed by atoms with Gasteiger partial charge in [-0.05, 0) is 25.0 Å². The second-order valence-corrected chi connectivity index (χ2v) is 4.24. The topological polar surface area (TPSA) is 61.0 Å². The molecule has 0 atom stereocenters. The SMILES string of the molecule is CCCc1c(C)cc(-n2ccnc2)cc1[N+](=O)[O-]. The van der Waals surface area contributed by atoms with E-state index in [0.29, 0.717) is 0 Å². The third-order valence-electron chi connectivity index (χ3n) is 2.93. The zero-order valence-corrected chi connectivity index (χ0v) is 10.5. The molecule has 5 nitrogen and oxygen atoms in total. The third-order valence-corrected chi connectivity index (χ3v) is 2.93. The molecular formula is C13H15N3O2. The minimum atomic E-state index is -0.307. The first-order valence-electron chi connectivity index (χ1n) is 5.89. The molecule has 0 aliphatic heterocycles. The molecule has 0 fully saturated rings. The van der Waals surface area contributed by atoms with Gasteiger partial charge >= 0.3 is 0 Å². The van der Waals surface area contributed by atoms with Crippen molar-refractivity contribution in [2.24, 2.45) is 0 Å². The monoisotopic (exact) mass is 245 g/mol. The van der Waals surface area contributed by atoms with Crippen molar-refractivity contribution in [2.45, 2.75) is 26.7 Å². The number of benzene rings is 1. The van der Waals surface area contributed by atoms with Crippen molar-refractivity contribution in [1.82, 2.24) is 9.55 Å². The van der Waals surface area contributed by atoms with Gasteiger partial charge in [-0.15, -0.1) is 0 Å². The smallest absolute Gasteiger partial charge is 0.274 e. The molecular weight excluding hydrogens is 230 g/mol. The Kier molecular flexibility index (Phi) is 3.41. The Morgan fingerprint density at radius 2 is 2.22 bits per heavy atom. The summed E-state index contributed by atoms with van der Waals surface area (Å²) in [6, 6.07) is 3.57. The van der Waals surface area contributed by atoms with Crippen LogP contribution in [0.25, 0.3) is 5.69 Å². The van der Waals surface area contributed by atoms with Gasteiger partial charge in [0, 0.05) is 24.0 Å². The van der Waals surface area contributed by atoms with Crippen LogP contribution in [0.1, 0.15) is 24.5 Å². The van der Waals surface area contributed by atoms with Crippen LogP contribution in [-0.4, -0.2) is 14.5 Å². The Hall–Kier alpha value is -2.17. The van der Waals surface area contributed by atoms with Crippen LogP contribution in [0.5, 0.6) is 0 Å². The number of nitrogens with zero attached hydrogens (tertiary/aromatic N) is 3. The van der Waals surface area contributed by atoms with Crippen LogP contribution in [0, 0.1) is 17.0 Å². The summed E-state index contributed by atoms with van der Waals surface area (Å²) in [5.74, 6) is 0. The molecule has 0 saturated carbocycles. The zero-order valence-electron chi connectivity index (χ0n) is 10.5. The number of aromatic nitrogens is 2. The lowest BCUT2D eigenvalue weighted by molar-refractivity contribution is -0.385. The Morgan fingerprint density at radius 1 is 1.44 bits per heavy atom. The average Bonchev–Trinajstić information content (AvgIpc) is 2.84. The molecule has 5 heteroatoms. The lowest BCUT2D eigenvalue weighted by Gasteiger charge is -2.09. The van der Waals surface area contributed by atoms with Crippen molar-refractivity contribution < 1.29 is 4.92 Å². The van der Waals surface area contributed by atoms with Crippen molar-refractivity contribution in [1.29, 1.82) is 0 Å². The quantitative estimate of drug-likeness (QED) is 0.614. The number of hydrogen-bond acceptors (Lipinski definition) is 3. The van der Waals surface area contributed by atoms with Crippen LogP contribution in [0.4, 0.5) is 5.69 Å². The zero-order chi connectivity index (χ0) is 13.1. The van der Waals surface area contributed by atoms with Gasteiger partial charge in [-0.25, -0.2) is 4.98 Å². The van der Waals surface area contributed by atoms with Crippen molar-refractivity contribution in [3.63, 3.8) is 0 Å². The molecule has 1 aromatic carbocycles. The second-order valence-electron chi connectivity index (χ2n) is 4.24. The predicted octanol–water partition coefficient (Wildman–Crippen LogP) is 3.04. The van der Waals surface area contributed by atoms with Gasteiger partial charge in [0.15, 0.2) is 0 Å². The molecule has 1 heterocycles. The number of nitro groups is 1. The Morgan fingerprint density at radius 3 is 2.78 bits per heavy atom. The molecule has 2 aromatic rings. The summed E-state index contributed by atoms with van der Waals surface area (Å²) < 4.78 is 1.77. The molecule has 0 amide bonds. The molecule has 18 heavy (non-hydrogen) atoms. The summed E-state index contributed by atoms with van der Waals surface area (Å²) >= 11 is 0. The number of nitro benzene ring substituents is 1. The number of aryl methyl sites for hydroxylation is 1. The van der Waals surface area contributed by atoms with E-state index in [-0.39, 0.29) is 10.6 Å². The van der Waals surface area contributed by atoms with E-state index in [1.807, 2.05) is 19.9 Å². The maximum atomic E-state index is 11.2. The average molecular weight is 245 g/mol. The van der Waals surface area contributed by atoms with Gasteiger partial charge in [-0.3, -0.25) is 10.1 Å². The van der Waals surface area contributed by atoms with Crippen molar-refractivity contribution in [3.05, 3.63) is 52.1 Å². The van der Waals surface area contributed by atoms with Crippen molar-refractivity contribution in [3.8, 4) is 5.69 Å². The highest BCUT2D eigenvalue weighted by molar-refractivity contribution is 5.53. The van der Waals surface area contributed by atoms with Crippen LogP contribution in [0.2, 0.25) is 0 Å². The first-order chi connectivity index (χ1) is 8.63. The Labute approximate surface area is 105 Å². The lowest BCUT2D eigenvalue weighted by Crippen LogP contribution is -2.01. The molecule has 0 spiro atoms. The maximum Gasteiger partial charge on any atom is 0.274 e. The van der Waals surface area contributed by atoms with Crippen molar-refractivity contribution in [2.75, 3.05) is 0 Å². The van der Waals surface area contributed by atoms with E-state index in [1.54, 1.807) is 29.4 Å². The minimum absolute atomic E-state index is 0.195. The first-order valence-corrected chi connectivity index (χ1v) is 5.89. The van der Waals surface area contributed by atoms with E-state index >= 15 is 0 Å². The Balaban J connectivity index is 2.57. The minimum Gasteiger partial charge on any atom is -0.306 e. The van der Waals surface area contributed by atoms with Gasteiger partial charge in [-0.2, -0.15) is 0 Å².